The number of para-hydroxylation sites is 1. The number of methoxy groups -OCH3 is 1. The Morgan fingerprint density at radius 2 is 1.50 bits per heavy atom. The van der Waals surface area contributed by atoms with Crippen LogP contribution in [0.3, 0.4) is 0 Å². The van der Waals surface area contributed by atoms with Crippen LogP contribution in [0, 0.1) is 5.92 Å². The second-order valence-corrected chi connectivity index (χ2v) is 8.74. The summed E-state index contributed by atoms with van der Waals surface area (Å²) < 4.78 is 37.8. The Kier molecular flexibility index (Phi) is 10.7. The van der Waals surface area contributed by atoms with E-state index in [4.69, 9.17) is 28.4 Å². The predicted molar refractivity (Wildman–Crippen MR) is 124 cm³/mol. The Morgan fingerprint density at radius 1 is 0.844 bits per heavy atom. The van der Waals surface area contributed by atoms with Crippen molar-refractivity contribution in [2.75, 3.05) is 33.5 Å². The van der Waals surface area contributed by atoms with Crippen molar-refractivity contribution in [2.24, 2.45) is 5.92 Å². The first-order valence-corrected chi connectivity index (χ1v) is 12.5. The number of rotatable bonds is 14. The Balaban J connectivity index is 1.87. The van der Waals surface area contributed by atoms with Gasteiger partial charge in [0, 0.05) is 32.5 Å². The average molecular weight is 451 g/mol. The molecule has 2 heterocycles. The maximum atomic E-state index is 6.52. The zero-order valence-electron chi connectivity index (χ0n) is 20.3. The lowest BCUT2D eigenvalue weighted by molar-refractivity contribution is -0.303. The molecule has 0 N–H and O–H groups in total. The fraction of sp³-hybridized carbons (Fsp3) is 0.769. The zero-order chi connectivity index (χ0) is 22.8. The van der Waals surface area contributed by atoms with Gasteiger partial charge in [0.2, 0.25) is 6.29 Å². The summed E-state index contributed by atoms with van der Waals surface area (Å²) in [5.41, 5.74) is 1.04. The maximum Gasteiger partial charge on any atom is 0.208 e. The minimum absolute atomic E-state index is 0.120. The fourth-order valence-corrected chi connectivity index (χ4v) is 4.50. The van der Waals surface area contributed by atoms with E-state index >= 15 is 0 Å². The van der Waals surface area contributed by atoms with Gasteiger partial charge in [-0.3, -0.25) is 0 Å². The van der Waals surface area contributed by atoms with Crippen LogP contribution in [0.15, 0.2) is 24.3 Å². The van der Waals surface area contributed by atoms with Crippen LogP contribution in [0.4, 0.5) is 0 Å². The topological polar surface area (TPSA) is 55.4 Å². The number of unbranched alkanes of at least 4 members (excludes halogenated alkanes) is 3. The molecule has 0 amide bonds. The molecule has 1 saturated heterocycles. The van der Waals surface area contributed by atoms with Crippen molar-refractivity contribution in [3.05, 3.63) is 29.8 Å². The maximum absolute atomic E-state index is 6.52. The third kappa shape index (κ3) is 6.23. The van der Waals surface area contributed by atoms with Gasteiger partial charge < -0.3 is 28.4 Å². The summed E-state index contributed by atoms with van der Waals surface area (Å²) in [7, 11) is 1.75. The molecule has 6 nitrogen and oxygen atoms in total. The molecule has 0 saturated carbocycles. The largest absolute Gasteiger partial charge is 0.464 e. The number of benzene rings is 1. The molecule has 182 valence electrons. The van der Waals surface area contributed by atoms with E-state index in [1.54, 1.807) is 7.11 Å². The molecule has 0 radical (unpaired) electrons. The van der Waals surface area contributed by atoms with Crippen LogP contribution < -0.4 is 4.74 Å². The first kappa shape index (κ1) is 25.4. The highest BCUT2D eigenvalue weighted by atomic mass is 16.7. The van der Waals surface area contributed by atoms with Crippen LogP contribution in [0.25, 0.3) is 0 Å². The van der Waals surface area contributed by atoms with Crippen molar-refractivity contribution in [1.82, 2.24) is 0 Å². The quantitative estimate of drug-likeness (QED) is 0.359. The first-order chi connectivity index (χ1) is 15.7. The molecule has 2 aliphatic rings. The first-order valence-electron chi connectivity index (χ1n) is 12.5. The minimum atomic E-state index is -0.465. The molecule has 0 spiro atoms. The molecule has 0 aromatic heterocycles. The second kappa shape index (κ2) is 13.5. The van der Waals surface area contributed by atoms with Gasteiger partial charge >= 0.3 is 0 Å². The number of fused-ring (bicyclic) bond motifs is 2. The van der Waals surface area contributed by atoms with Gasteiger partial charge in [-0.05, 0) is 25.3 Å². The van der Waals surface area contributed by atoms with Crippen LogP contribution in [-0.2, 0) is 23.7 Å². The van der Waals surface area contributed by atoms with E-state index in [2.05, 4.69) is 26.8 Å². The minimum Gasteiger partial charge on any atom is -0.464 e. The van der Waals surface area contributed by atoms with Gasteiger partial charge in [0.05, 0.1) is 24.7 Å². The normalized spacial score (nSPS) is 29.2. The molecule has 0 aliphatic carbocycles. The molecule has 6 atom stereocenters. The summed E-state index contributed by atoms with van der Waals surface area (Å²) in [4.78, 5) is 0. The average Bonchev–Trinajstić information content (AvgIpc) is 2.81. The van der Waals surface area contributed by atoms with Gasteiger partial charge in [0.1, 0.15) is 18.0 Å². The highest BCUT2D eigenvalue weighted by molar-refractivity contribution is 5.38. The summed E-state index contributed by atoms with van der Waals surface area (Å²) in [6, 6.07) is 8.04. The Hall–Kier alpha value is -1.18. The lowest BCUT2D eigenvalue weighted by Crippen LogP contribution is -2.62. The van der Waals surface area contributed by atoms with Gasteiger partial charge in [0.25, 0.3) is 0 Å². The van der Waals surface area contributed by atoms with Gasteiger partial charge in [-0.25, -0.2) is 0 Å². The van der Waals surface area contributed by atoms with Crippen LogP contribution in [0.1, 0.15) is 71.0 Å². The van der Waals surface area contributed by atoms with E-state index in [0.717, 1.165) is 56.4 Å². The van der Waals surface area contributed by atoms with Crippen molar-refractivity contribution in [3.63, 3.8) is 0 Å². The molecule has 0 bridgehead atoms. The molecular formula is C26H42O6. The summed E-state index contributed by atoms with van der Waals surface area (Å²) in [5.74, 6) is 0.689. The summed E-state index contributed by atoms with van der Waals surface area (Å²) in [6.45, 7) is 9.05. The fourth-order valence-electron chi connectivity index (χ4n) is 4.50. The highest BCUT2D eigenvalue weighted by Crippen LogP contribution is 2.47. The lowest BCUT2D eigenvalue weighted by atomic mass is 9.81. The molecule has 32 heavy (non-hydrogen) atoms. The van der Waals surface area contributed by atoms with Gasteiger partial charge in [-0.1, -0.05) is 58.2 Å². The standard InChI is InChI=1S/C26H42O6/c1-5-8-15-28-18-21-24(29-16-9-6-2)25(30-17-10-7-3)22-23(27-4)19-13-11-12-14-20(19)31-26(22)32-21/h11-14,21-26H,5-10,15-18H2,1-4H3/t21-,22-,23-,24+,25-,26+/m1/s1. The SMILES string of the molecule is CCCCOC[C@H]1O[C@@H]2Oc3ccccc3[C@@H](OC)[C@@H]2[C@@H](OCCCC)[C@H]1OCCCC. The van der Waals surface area contributed by atoms with Gasteiger partial charge in [-0.2, -0.15) is 0 Å². The monoisotopic (exact) mass is 450 g/mol. The van der Waals surface area contributed by atoms with Crippen molar-refractivity contribution in [3.8, 4) is 5.75 Å². The summed E-state index contributed by atoms with van der Waals surface area (Å²) in [5, 5.41) is 0. The molecular weight excluding hydrogens is 408 g/mol. The molecule has 1 fully saturated rings. The molecule has 2 aliphatic heterocycles. The number of hydrogen-bond donors (Lipinski definition) is 0. The van der Waals surface area contributed by atoms with Gasteiger partial charge in [-0.15, -0.1) is 0 Å². The Bertz CT molecular complexity index is 653. The van der Waals surface area contributed by atoms with E-state index in [-0.39, 0.29) is 30.3 Å². The molecule has 3 rings (SSSR count). The predicted octanol–water partition coefficient (Wildman–Crippen LogP) is 5.29. The smallest absolute Gasteiger partial charge is 0.208 e. The van der Waals surface area contributed by atoms with Gasteiger partial charge in [0.15, 0.2) is 0 Å². The Morgan fingerprint density at radius 3 is 2.19 bits per heavy atom. The van der Waals surface area contributed by atoms with Crippen molar-refractivity contribution < 1.29 is 28.4 Å². The lowest BCUT2D eigenvalue weighted by Gasteiger charge is -2.50. The van der Waals surface area contributed by atoms with Crippen molar-refractivity contribution in [2.45, 2.75) is 90.0 Å². The third-order valence-electron chi connectivity index (χ3n) is 6.31. The van der Waals surface area contributed by atoms with Crippen LogP contribution in [0.5, 0.6) is 5.75 Å². The van der Waals surface area contributed by atoms with E-state index in [9.17, 15) is 0 Å². The highest BCUT2D eigenvalue weighted by Gasteiger charge is 2.54. The zero-order valence-corrected chi connectivity index (χ0v) is 20.3. The van der Waals surface area contributed by atoms with Crippen LogP contribution in [0.2, 0.25) is 0 Å². The van der Waals surface area contributed by atoms with Crippen LogP contribution >= 0.6 is 0 Å². The molecule has 1 aromatic rings. The van der Waals surface area contributed by atoms with Crippen molar-refractivity contribution in [1.29, 1.82) is 0 Å². The Labute approximate surface area is 193 Å². The van der Waals surface area contributed by atoms with E-state index < -0.39 is 6.29 Å². The van der Waals surface area contributed by atoms with E-state index in [0.29, 0.717) is 19.8 Å². The molecule has 1 aromatic carbocycles. The van der Waals surface area contributed by atoms with E-state index in [1.807, 2.05) is 18.2 Å². The van der Waals surface area contributed by atoms with E-state index in [1.165, 1.54) is 0 Å². The second-order valence-electron chi connectivity index (χ2n) is 8.74. The molecule has 0 unspecified atom stereocenters. The summed E-state index contributed by atoms with van der Waals surface area (Å²) in [6.07, 6.45) is 4.97. The third-order valence-corrected chi connectivity index (χ3v) is 6.31. The number of ether oxygens (including phenoxy) is 6. The molecule has 6 heteroatoms. The number of hydrogen-bond acceptors (Lipinski definition) is 6. The summed E-state index contributed by atoms with van der Waals surface area (Å²) >= 11 is 0. The van der Waals surface area contributed by atoms with Crippen molar-refractivity contribution >= 4 is 0 Å². The van der Waals surface area contributed by atoms with Crippen LogP contribution in [-0.4, -0.2) is 58.1 Å².